The van der Waals surface area contributed by atoms with Gasteiger partial charge in [0.05, 0.1) is 5.02 Å². The number of sulfonamides is 1. The number of nitrogens with one attached hydrogen (secondary N) is 3. The third-order valence-corrected chi connectivity index (χ3v) is 8.02. The maximum Gasteiger partial charge on any atom is 0.251 e. The highest BCUT2D eigenvalue weighted by Gasteiger charge is 2.28. The first-order valence-electron chi connectivity index (χ1n) is 12.1. The second kappa shape index (κ2) is 13.2. The average molecular weight is 576 g/mol. The number of hydrogen-bond acceptors (Lipinski definition) is 5. The van der Waals surface area contributed by atoms with Gasteiger partial charge in [0.15, 0.2) is 0 Å². The summed E-state index contributed by atoms with van der Waals surface area (Å²) in [5, 5.41) is 5.30. The van der Waals surface area contributed by atoms with Crippen molar-refractivity contribution in [3.8, 4) is 0 Å². The number of ether oxygens (including phenoxy) is 1. The normalized spacial score (nSPS) is 12.5. The fraction of sp³-hybridized carbons (Fsp3) is 0.286. The molecule has 0 aliphatic heterocycles. The standard InChI is InChI=1S/C28H31ClFN3O5S/c1-28(2,15-16-38-3)33-39(36,37)25-14-13-22(18-23(25)29)31-27(35)24(17-19-7-5-4-6-8-19)32-26(34)20-9-11-21(30)12-10-20/h4-14,18,24,33H,15-17H2,1-3H3,(H,31,35)(H,32,34)/t24-/m0/s1. The van der Waals surface area contributed by atoms with Gasteiger partial charge in [0, 0.05) is 36.9 Å². The van der Waals surface area contributed by atoms with Gasteiger partial charge >= 0.3 is 0 Å². The van der Waals surface area contributed by atoms with Crippen LogP contribution >= 0.6 is 11.6 Å². The molecule has 8 nitrogen and oxygen atoms in total. The molecule has 0 radical (unpaired) electrons. The molecule has 0 aliphatic rings. The quantitative estimate of drug-likeness (QED) is 0.293. The van der Waals surface area contributed by atoms with Crippen LogP contribution in [0.3, 0.4) is 0 Å². The molecule has 3 rings (SSSR count). The second-order valence-electron chi connectivity index (χ2n) is 9.59. The topological polar surface area (TPSA) is 114 Å². The zero-order valence-corrected chi connectivity index (χ0v) is 23.4. The highest BCUT2D eigenvalue weighted by molar-refractivity contribution is 7.89. The third-order valence-electron chi connectivity index (χ3n) is 5.84. The summed E-state index contributed by atoms with van der Waals surface area (Å²) in [5.41, 5.74) is 0.467. The lowest BCUT2D eigenvalue weighted by atomic mass is 10.0. The summed E-state index contributed by atoms with van der Waals surface area (Å²) in [7, 11) is -2.43. The minimum Gasteiger partial charge on any atom is -0.385 e. The number of anilines is 1. The lowest BCUT2D eigenvalue weighted by molar-refractivity contribution is -0.118. The second-order valence-corrected chi connectivity index (χ2v) is 11.6. The molecule has 0 bridgehead atoms. The maximum atomic E-state index is 13.3. The van der Waals surface area contributed by atoms with Crippen molar-refractivity contribution in [2.24, 2.45) is 0 Å². The molecular formula is C28H31ClFN3O5S. The zero-order chi connectivity index (χ0) is 28.6. The Labute approximate surface area is 233 Å². The van der Waals surface area contributed by atoms with Gasteiger partial charge in [0.25, 0.3) is 5.91 Å². The van der Waals surface area contributed by atoms with Crippen molar-refractivity contribution in [1.29, 1.82) is 0 Å². The van der Waals surface area contributed by atoms with Gasteiger partial charge in [-0.1, -0.05) is 41.9 Å². The average Bonchev–Trinajstić information content (AvgIpc) is 2.87. The Bertz CT molecular complexity index is 1400. The number of carbonyl (C=O) groups excluding carboxylic acids is 2. The SMILES string of the molecule is COCCC(C)(C)NS(=O)(=O)c1ccc(NC(=O)[C@H](Cc2ccccc2)NC(=O)c2ccc(F)cc2)cc1Cl. The molecule has 3 N–H and O–H groups in total. The summed E-state index contributed by atoms with van der Waals surface area (Å²) in [6.07, 6.45) is 0.626. The Kier molecular flexibility index (Phi) is 10.2. The molecule has 0 fully saturated rings. The van der Waals surface area contributed by atoms with Crippen molar-refractivity contribution in [2.45, 2.75) is 43.2 Å². The van der Waals surface area contributed by atoms with Crippen LogP contribution in [-0.4, -0.2) is 45.5 Å². The number of benzene rings is 3. The fourth-order valence-corrected chi connectivity index (χ4v) is 5.74. The highest BCUT2D eigenvalue weighted by Crippen LogP contribution is 2.27. The van der Waals surface area contributed by atoms with Gasteiger partial charge in [-0.15, -0.1) is 0 Å². The van der Waals surface area contributed by atoms with Crippen molar-refractivity contribution in [1.82, 2.24) is 10.0 Å². The number of rotatable bonds is 12. The smallest absolute Gasteiger partial charge is 0.251 e. The predicted octanol–water partition coefficient (Wildman–Crippen LogP) is 4.55. The van der Waals surface area contributed by atoms with Crippen LogP contribution < -0.4 is 15.4 Å². The van der Waals surface area contributed by atoms with Gasteiger partial charge < -0.3 is 15.4 Å². The predicted molar refractivity (Wildman–Crippen MR) is 149 cm³/mol. The third kappa shape index (κ3) is 8.86. The van der Waals surface area contributed by atoms with Crippen molar-refractivity contribution in [2.75, 3.05) is 19.0 Å². The first-order chi connectivity index (χ1) is 18.4. The van der Waals surface area contributed by atoms with Gasteiger partial charge in [0.1, 0.15) is 16.8 Å². The highest BCUT2D eigenvalue weighted by atomic mass is 35.5. The van der Waals surface area contributed by atoms with Crippen LogP contribution in [0.1, 0.15) is 36.2 Å². The monoisotopic (exact) mass is 575 g/mol. The van der Waals surface area contributed by atoms with E-state index in [4.69, 9.17) is 16.3 Å². The summed E-state index contributed by atoms with van der Waals surface area (Å²) in [5.74, 6) is -1.58. The Morgan fingerprint density at radius 2 is 1.69 bits per heavy atom. The summed E-state index contributed by atoms with van der Waals surface area (Å²) >= 11 is 6.32. The van der Waals surface area contributed by atoms with Gasteiger partial charge in [-0.3, -0.25) is 9.59 Å². The fourth-order valence-electron chi connectivity index (χ4n) is 3.75. The summed E-state index contributed by atoms with van der Waals surface area (Å²) in [4.78, 5) is 25.9. The van der Waals surface area contributed by atoms with Crippen molar-refractivity contribution < 1.29 is 27.1 Å². The van der Waals surface area contributed by atoms with Crippen molar-refractivity contribution in [3.05, 3.63) is 94.8 Å². The first kappa shape index (κ1) is 30.2. The molecular weight excluding hydrogens is 545 g/mol. The number of methoxy groups -OCH3 is 1. The van der Waals surface area contributed by atoms with Gasteiger partial charge in [-0.05, 0) is 68.3 Å². The molecule has 3 aromatic carbocycles. The molecule has 1 atom stereocenters. The van der Waals surface area contributed by atoms with E-state index in [2.05, 4.69) is 15.4 Å². The van der Waals surface area contributed by atoms with Crippen molar-refractivity contribution in [3.63, 3.8) is 0 Å². The van der Waals surface area contributed by atoms with E-state index in [-0.39, 0.29) is 27.6 Å². The van der Waals surface area contributed by atoms with E-state index in [1.165, 1.54) is 37.4 Å². The van der Waals surface area contributed by atoms with Crippen LogP contribution in [0.15, 0.2) is 77.7 Å². The van der Waals surface area contributed by atoms with Gasteiger partial charge in [-0.2, -0.15) is 0 Å². The van der Waals surface area contributed by atoms with Crippen LogP contribution in [0.25, 0.3) is 0 Å². The number of carbonyl (C=O) groups is 2. The van der Waals surface area contributed by atoms with E-state index in [0.29, 0.717) is 13.0 Å². The number of amides is 2. The van der Waals surface area contributed by atoms with E-state index in [9.17, 15) is 22.4 Å². The Morgan fingerprint density at radius 1 is 1.03 bits per heavy atom. The molecule has 0 aromatic heterocycles. The van der Waals surface area contributed by atoms with Crippen LogP contribution in [0.4, 0.5) is 10.1 Å². The molecule has 208 valence electrons. The van der Waals surface area contributed by atoms with Crippen molar-refractivity contribution >= 4 is 39.1 Å². The van der Waals surface area contributed by atoms with Crippen LogP contribution in [0.2, 0.25) is 5.02 Å². The van der Waals surface area contributed by atoms with Crippen LogP contribution in [-0.2, 0) is 26.0 Å². The zero-order valence-electron chi connectivity index (χ0n) is 21.8. The number of halogens is 2. The van der Waals surface area contributed by atoms with E-state index in [1.54, 1.807) is 13.8 Å². The van der Waals surface area contributed by atoms with Gasteiger partial charge in [0.2, 0.25) is 15.9 Å². The Morgan fingerprint density at radius 3 is 2.31 bits per heavy atom. The first-order valence-corrected chi connectivity index (χ1v) is 14.0. The molecule has 3 aromatic rings. The lowest BCUT2D eigenvalue weighted by Gasteiger charge is -2.26. The Balaban J connectivity index is 1.78. The van der Waals surface area contributed by atoms with Crippen LogP contribution in [0.5, 0.6) is 0 Å². The van der Waals surface area contributed by atoms with E-state index in [0.717, 1.165) is 17.7 Å². The molecule has 0 heterocycles. The minimum absolute atomic E-state index is 0.0854. The lowest BCUT2D eigenvalue weighted by Crippen LogP contribution is -2.45. The minimum atomic E-state index is -3.96. The van der Waals surface area contributed by atoms with E-state index < -0.39 is 39.2 Å². The maximum absolute atomic E-state index is 13.3. The van der Waals surface area contributed by atoms with E-state index >= 15 is 0 Å². The summed E-state index contributed by atoms with van der Waals surface area (Å²) < 4.78 is 46.9. The van der Waals surface area contributed by atoms with E-state index in [1.807, 2.05) is 30.3 Å². The molecule has 0 saturated heterocycles. The molecule has 0 unspecified atom stereocenters. The molecule has 0 spiro atoms. The molecule has 11 heteroatoms. The van der Waals surface area contributed by atoms with Gasteiger partial charge in [-0.25, -0.2) is 17.5 Å². The Hall–Kier alpha value is -3.31. The molecule has 0 saturated carbocycles. The molecule has 2 amide bonds. The molecule has 0 aliphatic carbocycles. The largest absolute Gasteiger partial charge is 0.385 e. The van der Waals surface area contributed by atoms with Crippen LogP contribution in [0, 0.1) is 5.82 Å². The summed E-state index contributed by atoms with van der Waals surface area (Å²) in [6, 6.07) is 17.1. The number of hydrogen-bond donors (Lipinski definition) is 3. The molecule has 39 heavy (non-hydrogen) atoms. The summed E-state index contributed by atoms with van der Waals surface area (Å²) in [6.45, 7) is 3.84.